The fraction of sp³-hybridized carbons (Fsp3) is 0.533. The normalized spacial score (nSPS) is 34.9. The predicted molar refractivity (Wildman–Crippen MR) is 214 cm³/mol. The average molecular weight is 779 g/mol. The Morgan fingerprint density at radius 2 is 1.77 bits per heavy atom. The third-order valence-corrected chi connectivity index (χ3v) is 14.8. The predicted octanol–water partition coefficient (Wildman–Crippen LogP) is 4.75. The van der Waals surface area contributed by atoms with E-state index >= 15 is 4.79 Å². The van der Waals surface area contributed by atoms with Crippen molar-refractivity contribution in [1.82, 2.24) is 14.8 Å². The van der Waals surface area contributed by atoms with Gasteiger partial charge in [-0.15, -0.1) is 0 Å². The van der Waals surface area contributed by atoms with E-state index in [1.807, 2.05) is 37.1 Å². The van der Waals surface area contributed by atoms with Crippen LogP contribution in [0.25, 0.3) is 10.9 Å². The molecule has 0 radical (unpaired) electrons. The number of anilines is 1. The van der Waals surface area contributed by atoms with Gasteiger partial charge in [-0.3, -0.25) is 19.4 Å². The lowest BCUT2D eigenvalue weighted by atomic mass is 9.47. The van der Waals surface area contributed by atoms with Gasteiger partial charge >= 0.3 is 17.9 Å². The van der Waals surface area contributed by atoms with Crippen molar-refractivity contribution in [3.63, 3.8) is 0 Å². The minimum Gasteiger partial charge on any atom is -0.496 e. The van der Waals surface area contributed by atoms with E-state index in [1.165, 1.54) is 26.7 Å². The zero-order valence-corrected chi connectivity index (χ0v) is 34.0. The van der Waals surface area contributed by atoms with Crippen molar-refractivity contribution in [2.24, 2.45) is 11.3 Å². The lowest BCUT2D eigenvalue weighted by Gasteiger charge is -2.63. The number of fused-ring (bicyclic) bond motifs is 6. The van der Waals surface area contributed by atoms with Crippen LogP contribution in [0.3, 0.4) is 0 Å². The monoisotopic (exact) mass is 778 g/mol. The van der Waals surface area contributed by atoms with Crippen LogP contribution in [0, 0.1) is 11.3 Å². The molecule has 2 bridgehead atoms. The van der Waals surface area contributed by atoms with Crippen molar-refractivity contribution in [3.8, 4) is 5.75 Å². The number of hydrogen-bond acceptors (Lipinski definition) is 11. The number of para-hydroxylation sites is 1. The highest BCUT2D eigenvalue weighted by atomic mass is 16.6. The Labute approximate surface area is 333 Å². The number of aromatic amines is 1. The molecule has 0 amide bonds. The maximum absolute atomic E-state index is 15.2. The van der Waals surface area contributed by atoms with Crippen molar-refractivity contribution >= 4 is 34.5 Å². The zero-order valence-electron chi connectivity index (χ0n) is 34.0. The van der Waals surface area contributed by atoms with Gasteiger partial charge in [-0.05, 0) is 61.4 Å². The van der Waals surface area contributed by atoms with Crippen LogP contribution in [-0.4, -0.2) is 116 Å². The highest BCUT2D eigenvalue weighted by molar-refractivity contribution is 5.95. The van der Waals surface area contributed by atoms with Crippen molar-refractivity contribution in [2.45, 2.75) is 87.6 Å². The number of carbonyl (C=O) groups excluding carboxylic acids is 3. The molecule has 1 aliphatic carbocycles. The molecule has 9 rings (SSSR count). The number of methoxy groups -OCH3 is 3. The van der Waals surface area contributed by atoms with Gasteiger partial charge in [0.2, 0.25) is 5.60 Å². The van der Waals surface area contributed by atoms with Crippen molar-refractivity contribution in [1.29, 1.82) is 0 Å². The highest BCUT2D eigenvalue weighted by Crippen LogP contribution is 2.68. The molecule has 12 nitrogen and oxygen atoms in total. The summed E-state index contributed by atoms with van der Waals surface area (Å²) in [5, 5.41) is 14.4. The topological polar surface area (TPSA) is 134 Å². The number of benzene rings is 2. The number of nitrogens with one attached hydrogen (secondary N) is 1. The molecule has 6 heterocycles. The molecule has 57 heavy (non-hydrogen) atoms. The Bertz CT molecular complexity index is 2250. The van der Waals surface area contributed by atoms with Gasteiger partial charge in [0.05, 0.1) is 27.4 Å². The third kappa shape index (κ3) is 4.80. The molecule has 6 aliphatic rings. The first-order chi connectivity index (χ1) is 27.4. The summed E-state index contributed by atoms with van der Waals surface area (Å²) < 4.78 is 23.9. The molecule has 2 aromatic carbocycles. The first kappa shape index (κ1) is 37.9. The number of H-pyrrole nitrogens is 1. The number of aliphatic hydroxyl groups is 1. The Balaban J connectivity index is 1.37. The van der Waals surface area contributed by atoms with Crippen molar-refractivity contribution in [3.05, 3.63) is 82.6 Å². The number of esters is 3. The van der Waals surface area contributed by atoms with E-state index in [4.69, 9.17) is 18.9 Å². The molecule has 2 N–H and O–H groups in total. The maximum atomic E-state index is 15.2. The Kier molecular flexibility index (Phi) is 8.77. The minimum absolute atomic E-state index is 0.0284. The molecule has 5 aliphatic heterocycles. The van der Waals surface area contributed by atoms with Gasteiger partial charge in [-0.25, -0.2) is 4.79 Å². The lowest BCUT2D eigenvalue weighted by Crippen LogP contribution is -2.81. The number of carbonyl (C=O) groups is 3. The molecular weight excluding hydrogens is 725 g/mol. The Morgan fingerprint density at radius 1 is 1.00 bits per heavy atom. The van der Waals surface area contributed by atoms with Gasteiger partial charge in [0.1, 0.15) is 11.2 Å². The minimum atomic E-state index is -2.27. The highest BCUT2D eigenvalue weighted by Gasteiger charge is 2.80. The van der Waals surface area contributed by atoms with Crippen LogP contribution in [-0.2, 0) is 46.0 Å². The summed E-state index contributed by atoms with van der Waals surface area (Å²) in [6.07, 6.45) is 7.67. The molecule has 1 unspecified atom stereocenters. The van der Waals surface area contributed by atoms with Gasteiger partial charge in [0.25, 0.3) is 0 Å². The molecule has 302 valence electrons. The van der Waals surface area contributed by atoms with Crippen LogP contribution in [0.1, 0.15) is 68.8 Å². The molecule has 1 saturated heterocycles. The summed E-state index contributed by atoms with van der Waals surface area (Å²) in [5.41, 5.74) is 1.05. The number of nitrogens with zero attached hydrogens (tertiary/aromatic N) is 3. The summed E-state index contributed by atoms with van der Waals surface area (Å²) >= 11 is 0. The van der Waals surface area contributed by atoms with Gasteiger partial charge in [0, 0.05) is 90.9 Å². The molecule has 1 aromatic heterocycles. The Hall–Kier alpha value is -4.65. The molecule has 12 heteroatoms. The second-order valence-corrected chi connectivity index (χ2v) is 17.2. The summed E-state index contributed by atoms with van der Waals surface area (Å²) in [7, 11) is 6.22. The quantitative estimate of drug-likeness (QED) is 0.196. The summed E-state index contributed by atoms with van der Waals surface area (Å²) in [6.45, 7) is 9.19. The second kappa shape index (κ2) is 13.2. The summed E-state index contributed by atoms with van der Waals surface area (Å²) in [4.78, 5) is 53.1. The van der Waals surface area contributed by atoms with E-state index in [9.17, 15) is 14.7 Å². The van der Waals surface area contributed by atoms with Crippen molar-refractivity contribution < 1.29 is 38.4 Å². The number of ether oxygens (including phenoxy) is 4. The first-order valence-electron chi connectivity index (χ1n) is 20.3. The largest absolute Gasteiger partial charge is 0.496 e. The van der Waals surface area contributed by atoms with E-state index in [0.29, 0.717) is 50.2 Å². The van der Waals surface area contributed by atoms with E-state index in [-0.39, 0.29) is 17.9 Å². The van der Waals surface area contributed by atoms with Gasteiger partial charge in [0.15, 0.2) is 6.10 Å². The molecular formula is C45H54N4O8. The Morgan fingerprint density at radius 3 is 2.47 bits per heavy atom. The first-order valence-corrected chi connectivity index (χ1v) is 20.3. The number of aromatic nitrogens is 1. The molecule has 1 saturated carbocycles. The van der Waals surface area contributed by atoms with Crippen LogP contribution in [0.2, 0.25) is 0 Å². The maximum Gasteiger partial charge on any atom is 0.344 e. The second-order valence-electron chi connectivity index (χ2n) is 17.2. The summed E-state index contributed by atoms with van der Waals surface area (Å²) in [5.74, 6) is -1.31. The molecule has 3 aromatic rings. The zero-order chi connectivity index (χ0) is 40.2. The van der Waals surface area contributed by atoms with Crippen LogP contribution < -0.4 is 9.64 Å². The van der Waals surface area contributed by atoms with Crippen LogP contribution in [0.4, 0.5) is 5.69 Å². The van der Waals surface area contributed by atoms with E-state index < -0.39 is 45.9 Å². The van der Waals surface area contributed by atoms with E-state index in [0.717, 1.165) is 52.9 Å². The fourth-order valence-corrected chi connectivity index (χ4v) is 12.8. The van der Waals surface area contributed by atoms with Gasteiger partial charge in [-0.2, -0.15) is 0 Å². The van der Waals surface area contributed by atoms with Crippen LogP contribution in [0.5, 0.6) is 5.75 Å². The third-order valence-electron chi connectivity index (χ3n) is 14.8. The van der Waals surface area contributed by atoms with Crippen molar-refractivity contribution in [2.75, 3.05) is 59.5 Å². The molecule has 1 spiro atoms. The van der Waals surface area contributed by atoms with Gasteiger partial charge in [-0.1, -0.05) is 55.8 Å². The number of rotatable bonds is 7. The SMILES string of the molecule is CCC1=C[C@@H]2CN(C1)Cc1c([nH]c3ccccc13)[C@@](C(=O)OC)(c1cc3c(cc1OC)N(C)[C@H]1[C@@](O)(C(=O)OC)[C@H](OC(C)=O)[C@]4(CC)C=CCN5CC[C@@]31[C@@H]54)C2. The lowest BCUT2D eigenvalue weighted by molar-refractivity contribution is -0.228. The standard InChI is InChI=1S/C45H54N4O8/c1-8-27-19-28-22-44(40(51)55-6,36-30(25-48(23-27)24-28)29-13-10-11-14-33(29)46-36)32-20-31-34(21-35(32)54-5)47(4)38-43(31)16-18-49-17-12-15-42(9-2,37(43)49)39(57-26(3)50)45(38,53)41(52)56-7/h10-15,19-21,28,37-39,46,53H,8-9,16-18,22-25H2,1-7H3/t28-,37-,38+,39+,42+,43-,44-,45-/m0/s1. The van der Waals surface area contributed by atoms with Crippen LogP contribution in [0.15, 0.2) is 60.2 Å². The number of hydrogen-bond donors (Lipinski definition) is 2. The molecule has 2 fully saturated rings. The smallest absolute Gasteiger partial charge is 0.344 e. The van der Waals surface area contributed by atoms with E-state index in [1.54, 1.807) is 7.11 Å². The van der Waals surface area contributed by atoms with E-state index in [2.05, 4.69) is 58.1 Å². The fourth-order valence-electron chi connectivity index (χ4n) is 12.8. The molecule has 9 atom stereocenters. The van der Waals surface area contributed by atoms with Gasteiger partial charge < -0.3 is 33.9 Å². The average Bonchev–Trinajstić information content (AvgIpc) is 3.87. The summed E-state index contributed by atoms with van der Waals surface area (Å²) in [6, 6.07) is 11.2. The van der Waals surface area contributed by atoms with Crippen LogP contribution >= 0.6 is 0 Å². The number of likely N-dealkylation sites (N-methyl/N-ethyl adjacent to an activating group) is 1.